The minimum Gasteiger partial charge on any atom is -0.354 e. The zero-order valence-electron chi connectivity index (χ0n) is 16.4. The summed E-state index contributed by atoms with van der Waals surface area (Å²) >= 11 is 0. The predicted molar refractivity (Wildman–Crippen MR) is 104 cm³/mol. The number of anilines is 1. The number of hydrogen-bond donors (Lipinski definition) is 0. The van der Waals surface area contributed by atoms with E-state index in [1.807, 2.05) is 11.6 Å². The molecule has 1 atom stereocenters. The van der Waals surface area contributed by atoms with Gasteiger partial charge >= 0.3 is 5.69 Å². The SMILES string of the molecule is CCC1CCCCN1c1ccc2c(n1)n(C)c(=O)n2CC(C)(C)CC. The van der Waals surface area contributed by atoms with E-state index in [1.54, 1.807) is 4.57 Å². The lowest BCUT2D eigenvalue weighted by molar-refractivity contribution is 0.293. The summed E-state index contributed by atoms with van der Waals surface area (Å²) in [7, 11) is 1.84. The molecule has 0 bridgehead atoms. The molecule has 2 aromatic heterocycles. The van der Waals surface area contributed by atoms with E-state index >= 15 is 0 Å². The van der Waals surface area contributed by atoms with Crippen molar-refractivity contribution in [1.82, 2.24) is 14.1 Å². The molecule has 1 saturated heterocycles. The van der Waals surface area contributed by atoms with E-state index < -0.39 is 0 Å². The van der Waals surface area contributed by atoms with Crippen LogP contribution in [0.25, 0.3) is 11.2 Å². The van der Waals surface area contributed by atoms with E-state index in [9.17, 15) is 4.79 Å². The smallest absolute Gasteiger partial charge is 0.330 e. The highest BCUT2D eigenvalue weighted by Crippen LogP contribution is 2.28. The molecule has 138 valence electrons. The predicted octanol–water partition coefficient (Wildman–Crippen LogP) is 3.94. The highest BCUT2D eigenvalue weighted by Gasteiger charge is 2.24. The van der Waals surface area contributed by atoms with Gasteiger partial charge in [-0.25, -0.2) is 9.78 Å². The van der Waals surface area contributed by atoms with Crippen LogP contribution >= 0.6 is 0 Å². The summed E-state index contributed by atoms with van der Waals surface area (Å²) in [5.41, 5.74) is 1.88. The Hall–Kier alpha value is -1.78. The third-order valence-corrected chi connectivity index (χ3v) is 5.90. The van der Waals surface area contributed by atoms with Crippen LogP contribution in [0, 0.1) is 5.41 Å². The van der Waals surface area contributed by atoms with E-state index in [-0.39, 0.29) is 11.1 Å². The highest BCUT2D eigenvalue weighted by atomic mass is 16.1. The molecule has 3 rings (SSSR count). The quantitative estimate of drug-likeness (QED) is 0.825. The Bertz CT molecular complexity index is 802. The van der Waals surface area contributed by atoms with Crippen LogP contribution in [0.3, 0.4) is 0 Å². The molecule has 5 nitrogen and oxygen atoms in total. The summed E-state index contributed by atoms with van der Waals surface area (Å²) < 4.78 is 3.60. The first-order chi connectivity index (χ1) is 11.9. The summed E-state index contributed by atoms with van der Waals surface area (Å²) in [6.45, 7) is 10.6. The van der Waals surface area contributed by atoms with E-state index in [0.717, 1.165) is 42.9 Å². The lowest BCUT2D eigenvalue weighted by Crippen LogP contribution is -2.39. The van der Waals surface area contributed by atoms with Crippen LogP contribution in [-0.4, -0.2) is 26.7 Å². The molecular weight excluding hydrogens is 312 g/mol. The van der Waals surface area contributed by atoms with Crippen LogP contribution in [0.4, 0.5) is 5.82 Å². The summed E-state index contributed by atoms with van der Waals surface area (Å²) in [5.74, 6) is 1.02. The zero-order chi connectivity index (χ0) is 18.2. The third kappa shape index (κ3) is 3.33. The maximum atomic E-state index is 12.8. The van der Waals surface area contributed by atoms with Crippen molar-refractivity contribution in [3.63, 3.8) is 0 Å². The van der Waals surface area contributed by atoms with E-state index in [1.165, 1.54) is 19.3 Å². The van der Waals surface area contributed by atoms with Crippen LogP contribution in [-0.2, 0) is 13.6 Å². The first kappa shape index (κ1) is 18.0. The Labute approximate surface area is 150 Å². The second kappa shape index (κ2) is 6.85. The van der Waals surface area contributed by atoms with Gasteiger partial charge in [-0.15, -0.1) is 0 Å². The molecule has 0 N–H and O–H groups in total. The number of piperidine rings is 1. The molecule has 3 heterocycles. The molecule has 1 aliphatic rings. The van der Waals surface area contributed by atoms with Gasteiger partial charge in [0.15, 0.2) is 5.65 Å². The molecule has 1 aliphatic heterocycles. The monoisotopic (exact) mass is 344 g/mol. The van der Waals surface area contributed by atoms with Crippen molar-refractivity contribution < 1.29 is 0 Å². The number of aryl methyl sites for hydroxylation is 1. The Kier molecular flexibility index (Phi) is 4.94. The van der Waals surface area contributed by atoms with E-state index in [0.29, 0.717) is 6.04 Å². The van der Waals surface area contributed by atoms with Crippen molar-refractivity contribution in [3.05, 3.63) is 22.6 Å². The molecule has 0 aromatic carbocycles. The number of aromatic nitrogens is 3. The number of fused-ring (bicyclic) bond motifs is 1. The number of hydrogen-bond acceptors (Lipinski definition) is 3. The Morgan fingerprint density at radius 1 is 1.24 bits per heavy atom. The minimum absolute atomic E-state index is 0.0341. The van der Waals surface area contributed by atoms with Gasteiger partial charge in [-0.2, -0.15) is 0 Å². The first-order valence-electron chi connectivity index (χ1n) is 9.71. The van der Waals surface area contributed by atoms with Crippen molar-refractivity contribution in [1.29, 1.82) is 0 Å². The average molecular weight is 345 g/mol. The third-order valence-electron chi connectivity index (χ3n) is 5.90. The molecular formula is C20H32N4O. The molecule has 2 aromatic rings. The maximum absolute atomic E-state index is 12.8. The van der Waals surface area contributed by atoms with Gasteiger partial charge in [0.1, 0.15) is 5.82 Å². The summed E-state index contributed by atoms with van der Waals surface area (Å²) in [5, 5.41) is 0. The average Bonchev–Trinajstić information content (AvgIpc) is 2.86. The van der Waals surface area contributed by atoms with Gasteiger partial charge in [-0.05, 0) is 49.7 Å². The topological polar surface area (TPSA) is 43.1 Å². The summed E-state index contributed by atoms with van der Waals surface area (Å²) in [4.78, 5) is 20.1. The molecule has 5 heteroatoms. The second-order valence-electron chi connectivity index (χ2n) is 8.21. The highest BCUT2D eigenvalue weighted by molar-refractivity contribution is 5.74. The fourth-order valence-electron chi connectivity index (χ4n) is 3.84. The zero-order valence-corrected chi connectivity index (χ0v) is 16.4. The van der Waals surface area contributed by atoms with Crippen LogP contribution in [0.15, 0.2) is 16.9 Å². The van der Waals surface area contributed by atoms with Gasteiger partial charge < -0.3 is 4.90 Å². The normalized spacial score (nSPS) is 18.9. The number of imidazole rings is 1. The van der Waals surface area contributed by atoms with Crippen LogP contribution in [0.1, 0.15) is 59.8 Å². The molecule has 25 heavy (non-hydrogen) atoms. The Morgan fingerprint density at radius 2 is 2.00 bits per heavy atom. The van der Waals surface area contributed by atoms with Gasteiger partial charge in [0.25, 0.3) is 0 Å². The second-order valence-corrected chi connectivity index (χ2v) is 8.21. The molecule has 0 spiro atoms. The van der Waals surface area contributed by atoms with Crippen LogP contribution < -0.4 is 10.6 Å². The lowest BCUT2D eigenvalue weighted by Gasteiger charge is -2.36. The fourth-order valence-corrected chi connectivity index (χ4v) is 3.84. The molecule has 0 aliphatic carbocycles. The fraction of sp³-hybridized carbons (Fsp3) is 0.700. The van der Waals surface area contributed by atoms with Gasteiger partial charge in [-0.1, -0.05) is 27.7 Å². The van der Waals surface area contributed by atoms with Gasteiger partial charge in [0.2, 0.25) is 0 Å². The van der Waals surface area contributed by atoms with Crippen LogP contribution in [0.5, 0.6) is 0 Å². The van der Waals surface area contributed by atoms with Gasteiger partial charge in [0.05, 0.1) is 5.52 Å². The van der Waals surface area contributed by atoms with E-state index in [4.69, 9.17) is 4.98 Å². The van der Waals surface area contributed by atoms with E-state index in [2.05, 4.69) is 44.7 Å². The van der Waals surface area contributed by atoms with Gasteiger partial charge in [-0.3, -0.25) is 9.13 Å². The van der Waals surface area contributed by atoms with Crippen molar-refractivity contribution in [2.75, 3.05) is 11.4 Å². The molecule has 1 unspecified atom stereocenters. The van der Waals surface area contributed by atoms with Crippen molar-refractivity contribution in [3.8, 4) is 0 Å². The molecule has 0 radical (unpaired) electrons. The molecule has 1 fully saturated rings. The molecule has 0 amide bonds. The van der Waals surface area contributed by atoms with Crippen molar-refractivity contribution >= 4 is 17.0 Å². The van der Waals surface area contributed by atoms with Crippen molar-refractivity contribution in [2.24, 2.45) is 12.5 Å². The lowest BCUT2D eigenvalue weighted by atomic mass is 9.90. The van der Waals surface area contributed by atoms with Crippen molar-refractivity contribution in [2.45, 2.75) is 72.4 Å². The Morgan fingerprint density at radius 3 is 2.68 bits per heavy atom. The minimum atomic E-state index is 0.0341. The van der Waals surface area contributed by atoms with Crippen LogP contribution in [0.2, 0.25) is 0 Å². The molecule has 0 saturated carbocycles. The number of rotatable bonds is 5. The first-order valence-corrected chi connectivity index (χ1v) is 9.71. The summed E-state index contributed by atoms with van der Waals surface area (Å²) in [6.07, 6.45) is 5.94. The number of nitrogens with zero attached hydrogens (tertiary/aromatic N) is 4. The van der Waals surface area contributed by atoms with Gasteiger partial charge in [0, 0.05) is 26.2 Å². The standard InChI is InChI=1S/C20H32N4O/c1-6-15-10-8-9-13-23(15)17-12-11-16-18(21-17)22(5)19(25)24(16)14-20(3,4)7-2/h11-12,15H,6-10,13-14H2,1-5H3. The maximum Gasteiger partial charge on any atom is 0.330 e. The summed E-state index contributed by atoms with van der Waals surface area (Å²) in [6, 6.07) is 4.76. The Balaban J connectivity index is 2.04. The largest absolute Gasteiger partial charge is 0.354 e. The number of pyridine rings is 1.